The van der Waals surface area contributed by atoms with E-state index in [2.05, 4.69) is 26.3 Å². The van der Waals surface area contributed by atoms with Crippen LogP contribution in [-0.2, 0) is 4.79 Å². The number of hydrogen-bond donors (Lipinski definition) is 2. The van der Waals surface area contributed by atoms with Crippen LogP contribution in [0.1, 0.15) is 49.1 Å². The van der Waals surface area contributed by atoms with Crippen molar-refractivity contribution in [2.45, 2.75) is 38.6 Å². The number of nitrogens with two attached hydrogens (primary N) is 1. The Hall–Kier alpha value is -3.82. The van der Waals surface area contributed by atoms with Gasteiger partial charge in [0.2, 0.25) is 11.9 Å². The van der Waals surface area contributed by atoms with Gasteiger partial charge in [0.05, 0.1) is 0 Å². The first-order chi connectivity index (χ1) is 17.3. The number of rotatable bonds is 7. The van der Waals surface area contributed by atoms with Gasteiger partial charge >= 0.3 is 0 Å². The minimum Gasteiger partial charge on any atom is -0.385 e. The lowest BCUT2D eigenvalue weighted by molar-refractivity contribution is -0.130. The molecule has 192 valence electrons. The highest BCUT2D eigenvalue weighted by molar-refractivity contribution is 5.97. The van der Waals surface area contributed by atoms with Crippen LogP contribution in [0, 0.1) is 0 Å². The average Bonchev–Trinajstić information content (AvgIpc) is 3.51. The van der Waals surface area contributed by atoms with Gasteiger partial charge in [-0.1, -0.05) is 19.4 Å². The van der Waals surface area contributed by atoms with Crippen molar-refractivity contribution in [3.63, 3.8) is 0 Å². The number of amides is 2. The molecule has 1 aliphatic heterocycles. The Morgan fingerprint density at radius 3 is 2.42 bits per heavy atom. The summed E-state index contributed by atoms with van der Waals surface area (Å²) < 4.78 is 2.08. The number of carbonyl (C=O) groups is 2. The van der Waals surface area contributed by atoms with Crippen LogP contribution in [0.3, 0.4) is 0 Å². The van der Waals surface area contributed by atoms with Crippen molar-refractivity contribution in [2.75, 3.05) is 45.6 Å². The molecule has 0 radical (unpaired) electrons. The number of nitrogens with one attached hydrogen (secondary N) is 1. The lowest BCUT2D eigenvalue weighted by Gasteiger charge is -2.36. The van der Waals surface area contributed by atoms with Gasteiger partial charge in [-0.2, -0.15) is 4.98 Å². The van der Waals surface area contributed by atoms with Crippen molar-refractivity contribution in [3.05, 3.63) is 54.3 Å². The van der Waals surface area contributed by atoms with Crippen LogP contribution >= 0.6 is 0 Å². The van der Waals surface area contributed by atoms with E-state index in [1.807, 2.05) is 17.0 Å². The first kappa shape index (κ1) is 25.3. The fourth-order valence-electron chi connectivity index (χ4n) is 4.92. The van der Waals surface area contributed by atoms with Gasteiger partial charge in [0.1, 0.15) is 17.2 Å². The van der Waals surface area contributed by atoms with Crippen LogP contribution in [0.25, 0.3) is 11.0 Å². The normalized spacial score (nSPS) is 17.5. The molecule has 1 saturated carbocycles. The highest BCUT2D eigenvalue weighted by atomic mass is 16.2. The van der Waals surface area contributed by atoms with Crippen molar-refractivity contribution in [2.24, 2.45) is 5.73 Å². The lowest BCUT2D eigenvalue weighted by atomic mass is 10.2. The zero-order valence-corrected chi connectivity index (χ0v) is 21.4. The molecule has 2 aromatic rings. The van der Waals surface area contributed by atoms with Crippen LogP contribution in [-0.4, -0.2) is 81.3 Å². The molecule has 0 spiro atoms. The van der Waals surface area contributed by atoms with Crippen molar-refractivity contribution in [1.29, 1.82) is 0 Å². The minimum absolute atomic E-state index is 0.0416. The second-order valence-electron chi connectivity index (χ2n) is 9.55. The number of anilines is 1. The molecule has 2 aliphatic rings. The summed E-state index contributed by atoms with van der Waals surface area (Å²) in [6.45, 7) is 8.37. The summed E-state index contributed by atoms with van der Waals surface area (Å²) in [5.41, 5.74) is 8.56. The lowest BCUT2D eigenvalue weighted by Crippen LogP contribution is -2.47. The Labute approximate surface area is 212 Å². The molecule has 0 aromatic carbocycles. The Morgan fingerprint density at radius 1 is 1.14 bits per heavy atom. The molecule has 10 heteroatoms. The minimum atomic E-state index is -0.0416. The van der Waals surface area contributed by atoms with Gasteiger partial charge in [-0.05, 0) is 37.1 Å². The number of fused-ring (bicyclic) bond motifs is 1. The maximum atomic E-state index is 12.9. The van der Waals surface area contributed by atoms with Gasteiger partial charge < -0.3 is 30.3 Å². The predicted molar refractivity (Wildman–Crippen MR) is 141 cm³/mol. The molecule has 0 bridgehead atoms. The second-order valence-corrected chi connectivity index (χ2v) is 9.55. The quantitative estimate of drug-likeness (QED) is 0.572. The Kier molecular flexibility index (Phi) is 7.61. The molecule has 1 saturated heterocycles. The van der Waals surface area contributed by atoms with Crippen molar-refractivity contribution in [3.8, 4) is 0 Å². The molecule has 10 nitrogen and oxygen atoms in total. The number of aromatic nitrogens is 3. The van der Waals surface area contributed by atoms with E-state index < -0.39 is 0 Å². The smallest absolute Gasteiger partial charge is 0.270 e. The average molecular weight is 493 g/mol. The molecular formula is C26H36N8O2. The topological polar surface area (TPSA) is 113 Å². The van der Waals surface area contributed by atoms with Gasteiger partial charge in [0, 0.05) is 70.5 Å². The summed E-state index contributed by atoms with van der Waals surface area (Å²) in [6, 6.07) is 2.13. The molecule has 4 rings (SSSR count). The summed E-state index contributed by atoms with van der Waals surface area (Å²) in [4.78, 5) is 39.3. The van der Waals surface area contributed by atoms with Gasteiger partial charge in [0.25, 0.3) is 5.91 Å². The summed E-state index contributed by atoms with van der Waals surface area (Å²) >= 11 is 0. The summed E-state index contributed by atoms with van der Waals surface area (Å²) in [5, 5.41) is 3.91. The maximum Gasteiger partial charge on any atom is 0.270 e. The van der Waals surface area contributed by atoms with E-state index in [0.29, 0.717) is 30.6 Å². The van der Waals surface area contributed by atoms with Crippen LogP contribution in [0.5, 0.6) is 0 Å². The maximum absolute atomic E-state index is 12.9. The van der Waals surface area contributed by atoms with E-state index in [0.717, 1.165) is 55.5 Å². The molecule has 2 amide bonds. The molecule has 0 atom stereocenters. The van der Waals surface area contributed by atoms with Gasteiger partial charge in [0.15, 0.2) is 0 Å². The van der Waals surface area contributed by atoms with E-state index in [1.54, 1.807) is 44.3 Å². The van der Waals surface area contributed by atoms with E-state index in [-0.39, 0.29) is 17.9 Å². The zero-order chi connectivity index (χ0) is 25.8. The first-order valence-electron chi connectivity index (χ1n) is 12.5. The summed E-state index contributed by atoms with van der Waals surface area (Å²) in [7, 11) is 3.52. The van der Waals surface area contributed by atoms with Crippen molar-refractivity contribution >= 4 is 28.8 Å². The molecule has 2 fully saturated rings. The molecular weight excluding hydrogens is 456 g/mol. The molecule has 36 heavy (non-hydrogen) atoms. The SMILES string of the molecule is C=C/C(=C\C=C(/N)Nc1ncc2cc(C(=O)N(C)C)n(C3CCCC3)c2n1)N1CCN(C(C)=O)CC1. The van der Waals surface area contributed by atoms with Crippen LogP contribution < -0.4 is 11.1 Å². The monoisotopic (exact) mass is 492 g/mol. The van der Waals surface area contributed by atoms with Crippen molar-refractivity contribution < 1.29 is 9.59 Å². The van der Waals surface area contributed by atoms with E-state index in [9.17, 15) is 9.59 Å². The number of nitrogens with zero attached hydrogens (tertiary/aromatic N) is 6. The molecule has 3 N–H and O–H groups in total. The third-order valence-corrected chi connectivity index (χ3v) is 6.88. The van der Waals surface area contributed by atoms with Gasteiger partial charge in [-0.3, -0.25) is 9.59 Å². The molecule has 0 unspecified atom stereocenters. The Morgan fingerprint density at radius 2 is 1.81 bits per heavy atom. The second kappa shape index (κ2) is 10.8. The van der Waals surface area contributed by atoms with Crippen LogP contribution in [0.2, 0.25) is 0 Å². The third-order valence-electron chi connectivity index (χ3n) is 6.88. The van der Waals surface area contributed by atoms with Crippen molar-refractivity contribution in [1.82, 2.24) is 29.2 Å². The fourth-order valence-corrected chi connectivity index (χ4v) is 4.92. The summed E-state index contributed by atoms with van der Waals surface area (Å²) in [5.74, 6) is 0.821. The van der Waals surface area contributed by atoms with E-state index >= 15 is 0 Å². The highest BCUT2D eigenvalue weighted by Crippen LogP contribution is 2.34. The van der Waals surface area contributed by atoms with Crippen LogP contribution in [0.15, 0.2) is 48.6 Å². The zero-order valence-electron chi connectivity index (χ0n) is 21.4. The summed E-state index contributed by atoms with van der Waals surface area (Å²) in [6.07, 6.45) is 11.5. The Balaban J connectivity index is 1.55. The highest BCUT2D eigenvalue weighted by Gasteiger charge is 2.26. The number of allylic oxidation sites excluding steroid dienone is 3. The number of hydrogen-bond acceptors (Lipinski definition) is 7. The van der Waals surface area contributed by atoms with Gasteiger partial charge in [-0.25, -0.2) is 4.98 Å². The molecule has 1 aliphatic carbocycles. The fraction of sp³-hybridized carbons (Fsp3) is 0.462. The third kappa shape index (κ3) is 5.37. The Bertz CT molecular complexity index is 1200. The van der Waals surface area contributed by atoms with Gasteiger partial charge in [-0.15, -0.1) is 0 Å². The standard InChI is InChI=1S/C26H36N8O2/c1-5-20(33-14-12-32(13-15-33)18(2)35)10-11-23(27)29-26-28-17-19-16-22(25(36)31(3)4)34(24(19)30-26)21-8-6-7-9-21/h5,10-11,16-17,21H,1,6-9,12-15,27H2,2-4H3,(H,28,29,30)/b20-10+,23-11+. The number of carbonyl (C=O) groups excluding carboxylic acids is 2. The largest absolute Gasteiger partial charge is 0.385 e. The number of piperazine rings is 1. The van der Waals surface area contributed by atoms with Crippen LogP contribution in [0.4, 0.5) is 5.95 Å². The first-order valence-corrected chi connectivity index (χ1v) is 12.5. The molecule has 2 aromatic heterocycles. The van der Waals surface area contributed by atoms with E-state index in [4.69, 9.17) is 10.7 Å². The van der Waals surface area contributed by atoms with E-state index in [1.165, 1.54) is 0 Å². The molecule has 3 heterocycles. The predicted octanol–water partition coefficient (Wildman–Crippen LogP) is 2.69.